The van der Waals surface area contributed by atoms with Gasteiger partial charge in [-0.1, -0.05) is 91.0 Å². The van der Waals surface area contributed by atoms with Crippen LogP contribution in [0.25, 0.3) is 0 Å². The summed E-state index contributed by atoms with van der Waals surface area (Å²) in [7, 11) is -2.78. The Morgan fingerprint density at radius 1 is 0.524 bits per heavy atom. The second kappa shape index (κ2) is 7.08. The average molecular weight is 305 g/mol. The molecule has 0 aliphatic carbocycles. The SMILES string of the molecule is O=P(c1ccccc1)(c1ccccc1)c1ccccc1.[H-].[H-].[Mg+2]. The minimum absolute atomic E-state index is 0. The first-order valence-electron chi connectivity index (χ1n) is 6.59. The molecule has 0 spiro atoms. The van der Waals surface area contributed by atoms with Gasteiger partial charge in [0.15, 0.2) is 7.14 Å². The maximum atomic E-state index is 13.8. The molecule has 3 aromatic carbocycles. The summed E-state index contributed by atoms with van der Waals surface area (Å²) in [5.74, 6) is 0. The van der Waals surface area contributed by atoms with Crippen LogP contribution in [0, 0.1) is 0 Å². The first-order chi connectivity index (χ1) is 9.82. The van der Waals surface area contributed by atoms with Crippen LogP contribution in [0.15, 0.2) is 91.0 Å². The molecule has 0 unspecified atom stereocenters. The van der Waals surface area contributed by atoms with E-state index in [-0.39, 0.29) is 25.9 Å². The fourth-order valence-electron chi connectivity index (χ4n) is 2.36. The molecule has 3 aromatic rings. The van der Waals surface area contributed by atoms with Crippen molar-refractivity contribution in [3.63, 3.8) is 0 Å². The Morgan fingerprint density at radius 3 is 1.00 bits per heavy atom. The van der Waals surface area contributed by atoms with Gasteiger partial charge in [0, 0.05) is 15.9 Å². The molecular formula is C18H17MgOP. The van der Waals surface area contributed by atoms with E-state index >= 15 is 0 Å². The third kappa shape index (κ3) is 3.13. The van der Waals surface area contributed by atoms with Crippen molar-refractivity contribution in [1.82, 2.24) is 0 Å². The summed E-state index contributed by atoms with van der Waals surface area (Å²) >= 11 is 0. The minimum Gasteiger partial charge on any atom is -1.00 e. The van der Waals surface area contributed by atoms with Gasteiger partial charge < -0.3 is 7.42 Å². The average Bonchev–Trinajstić information content (AvgIpc) is 2.56. The van der Waals surface area contributed by atoms with E-state index in [1.54, 1.807) is 0 Å². The quantitative estimate of drug-likeness (QED) is 0.536. The van der Waals surface area contributed by atoms with Crippen LogP contribution in [0.5, 0.6) is 0 Å². The van der Waals surface area contributed by atoms with E-state index < -0.39 is 7.14 Å². The summed E-state index contributed by atoms with van der Waals surface area (Å²) in [6, 6.07) is 29.1. The number of hydrogen-bond donors (Lipinski definition) is 0. The van der Waals surface area contributed by atoms with Gasteiger partial charge in [-0.3, -0.25) is 0 Å². The largest absolute Gasteiger partial charge is 2.00 e. The predicted octanol–water partition coefficient (Wildman–Crippen LogP) is 3.17. The minimum atomic E-state index is -2.78. The zero-order valence-corrected chi connectivity index (χ0v) is 14.0. The Morgan fingerprint density at radius 2 is 0.762 bits per heavy atom. The van der Waals surface area contributed by atoms with E-state index in [1.165, 1.54) is 0 Å². The third-order valence-electron chi connectivity index (χ3n) is 3.36. The van der Waals surface area contributed by atoms with E-state index in [9.17, 15) is 4.57 Å². The Bertz CT molecular complexity index is 633. The van der Waals surface area contributed by atoms with E-state index in [0.717, 1.165) is 15.9 Å². The maximum Gasteiger partial charge on any atom is 2.00 e. The normalized spacial score (nSPS) is 10.7. The van der Waals surface area contributed by atoms with Crippen LogP contribution in [0.2, 0.25) is 0 Å². The summed E-state index contributed by atoms with van der Waals surface area (Å²) in [5.41, 5.74) is 0. The van der Waals surface area contributed by atoms with Crippen LogP contribution < -0.4 is 15.9 Å². The van der Waals surface area contributed by atoms with E-state index in [1.807, 2.05) is 91.0 Å². The van der Waals surface area contributed by atoms with Crippen molar-refractivity contribution < 1.29 is 7.42 Å². The molecule has 0 N–H and O–H groups in total. The van der Waals surface area contributed by atoms with Crippen molar-refractivity contribution in [2.45, 2.75) is 0 Å². The number of hydrogen-bond acceptors (Lipinski definition) is 1. The van der Waals surface area contributed by atoms with Crippen LogP contribution in [-0.4, -0.2) is 23.1 Å². The molecule has 3 rings (SSSR count). The Balaban J connectivity index is 0.00000161. The summed E-state index contributed by atoms with van der Waals surface area (Å²) in [6.07, 6.45) is 0. The van der Waals surface area contributed by atoms with Crippen LogP contribution in [-0.2, 0) is 4.57 Å². The number of benzene rings is 3. The molecule has 0 saturated heterocycles. The predicted molar refractivity (Wildman–Crippen MR) is 93.8 cm³/mol. The Hall–Kier alpha value is -1.34. The van der Waals surface area contributed by atoms with E-state index in [4.69, 9.17) is 0 Å². The molecule has 0 aromatic heterocycles. The summed E-state index contributed by atoms with van der Waals surface area (Å²) in [6.45, 7) is 0. The van der Waals surface area contributed by atoms with Crippen molar-refractivity contribution in [3.05, 3.63) is 91.0 Å². The zero-order chi connectivity index (χ0) is 13.8. The molecule has 1 nitrogen and oxygen atoms in total. The van der Waals surface area contributed by atoms with Gasteiger partial charge in [0.2, 0.25) is 0 Å². The molecule has 0 aliphatic rings. The van der Waals surface area contributed by atoms with Crippen LogP contribution in [0.1, 0.15) is 2.85 Å². The van der Waals surface area contributed by atoms with Gasteiger partial charge in [-0.2, -0.15) is 0 Å². The van der Waals surface area contributed by atoms with Crippen molar-refractivity contribution in [3.8, 4) is 0 Å². The van der Waals surface area contributed by atoms with Gasteiger partial charge >= 0.3 is 23.1 Å². The second-order valence-corrected chi connectivity index (χ2v) is 7.38. The molecule has 0 saturated carbocycles. The summed E-state index contributed by atoms with van der Waals surface area (Å²) < 4.78 is 13.8. The molecule has 102 valence electrons. The standard InChI is InChI=1S/C18H15OP.Mg.2H/c19-20(16-10-4-1-5-11-16,17-12-6-2-7-13-17)18-14-8-3-9-15-18;;;/h1-15H;;;/q;+2;2*-1. The first-order valence-corrected chi connectivity index (χ1v) is 8.29. The van der Waals surface area contributed by atoms with Gasteiger partial charge in [0.1, 0.15) is 0 Å². The monoisotopic (exact) mass is 304 g/mol. The topological polar surface area (TPSA) is 17.1 Å². The molecular weight excluding hydrogens is 287 g/mol. The van der Waals surface area contributed by atoms with E-state index in [0.29, 0.717) is 0 Å². The Kier molecular flexibility index (Phi) is 5.41. The van der Waals surface area contributed by atoms with Gasteiger partial charge in [-0.25, -0.2) is 0 Å². The van der Waals surface area contributed by atoms with Gasteiger partial charge in [0.05, 0.1) is 0 Å². The van der Waals surface area contributed by atoms with Crippen molar-refractivity contribution >= 4 is 46.1 Å². The molecule has 0 fully saturated rings. The van der Waals surface area contributed by atoms with Crippen molar-refractivity contribution in [2.24, 2.45) is 0 Å². The molecule has 0 aliphatic heterocycles. The fourth-order valence-corrected chi connectivity index (χ4v) is 5.03. The molecule has 0 atom stereocenters. The van der Waals surface area contributed by atoms with Crippen molar-refractivity contribution in [2.75, 3.05) is 0 Å². The molecule has 0 heterocycles. The van der Waals surface area contributed by atoms with Crippen molar-refractivity contribution in [1.29, 1.82) is 0 Å². The molecule has 0 amide bonds. The fraction of sp³-hybridized carbons (Fsp3) is 0. The molecule has 3 heteroatoms. The number of rotatable bonds is 3. The Labute approximate surface area is 144 Å². The molecule has 0 radical (unpaired) electrons. The second-order valence-electron chi connectivity index (χ2n) is 4.62. The van der Waals surface area contributed by atoms with Gasteiger partial charge in [-0.05, 0) is 0 Å². The molecule has 21 heavy (non-hydrogen) atoms. The first kappa shape index (κ1) is 16.0. The third-order valence-corrected chi connectivity index (χ3v) is 6.44. The van der Waals surface area contributed by atoms with E-state index in [2.05, 4.69) is 0 Å². The molecule has 0 bridgehead atoms. The summed E-state index contributed by atoms with van der Waals surface area (Å²) in [4.78, 5) is 0. The van der Waals surface area contributed by atoms with Crippen LogP contribution in [0.3, 0.4) is 0 Å². The van der Waals surface area contributed by atoms with Crippen LogP contribution >= 0.6 is 7.14 Å². The zero-order valence-electron chi connectivity index (χ0n) is 13.7. The van der Waals surface area contributed by atoms with Gasteiger partial charge in [0.25, 0.3) is 0 Å². The smallest absolute Gasteiger partial charge is 1.00 e. The van der Waals surface area contributed by atoms with Gasteiger partial charge in [-0.15, -0.1) is 0 Å². The summed E-state index contributed by atoms with van der Waals surface area (Å²) in [5, 5.41) is 2.62. The van der Waals surface area contributed by atoms with Crippen LogP contribution in [0.4, 0.5) is 0 Å². The maximum absolute atomic E-state index is 13.8.